The van der Waals surface area contributed by atoms with Gasteiger partial charge in [0.15, 0.2) is 14.3 Å². The van der Waals surface area contributed by atoms with Crippen LogP contribution in [0, 0.1) is 22.7 Å². The summed E-state index contributed by atoms with van der Waals surface area (Å²) in [5, 5.41) is 20.5. The van der Waals surface area contributed by atoms with Crippen LogP contribution < -0.4 is 0 Å². The van der Waals surface area contributed by atoms with Crippen molar-refractivity contribution in [3.8, 4) is 17.0 Å². The van der Waals surface area contributed by atoms with Crippen molar-refractivity contribution in [1.82, 2.24) is 0 Å². The number of fused-ring (bicyclic) bond motifs is 3. The number of nitrogens with zero attached hydrogens (tertiary/aromatic N) is 2. The van der Waals surface area contributed by atoms with E-state index in [-0.39, 0.29) is 10.5 Å². The predicted molar refractivity (Wildman–Crippen MR) is 94.7 cm³/mol. The molecule has 23 heavy (non-hydrogen) atoms. The number of nitriles is 2. The molecule has 3 heteroatoms. The third kappa shape index (κ3) is 2.07. The maximum absolute atomic E-state index is 9.20. The van der Waals surface area contributed by atoms with Crippen LogP contribution >= 0.6 is 10.5 Å². The highest BCUT2D eigenvalue weighted by Gasteiger charge is 2.24. The number of rotatable bonds is 1. The Bertz CT molecular complexity index is 1050. The highest BCUT2D eigenvalue weighted by molar-refractivity contribution is 7.50. The number of thiophene rings is 1. The monoisotopic (exact) mass is 311 g/mol. The Kier molecular flexibility index (Phi) is 3.08. The van der Waals surface area contributed by atoms with Crippen molar-refractivity contribution in [3.05, 3.63) is 77.9 Å². The molecule has 0 N–H and O–H groups in total. The third-order valence-electron chi connectivity index (χ3n) is 3.93. The Labute approximate surface area is 136 Å². The van der Waals surface area contributed by atoms with Gasteiger partial charge in [0.05, 0.1) is 23.3 Å². The van der Waals surface area contributed by atoms with Crippen molar-refractivity contribution >= 4 is 30.6 Å². The number of benzene rings is 3. The largest absolute Gasteiger partial charge is 0.192 e. The molecule has 0 spiro atoms. The lowest BCUT2D eigenvalue weighted by Crippen LogP contribution is -1.74. The van der Waals surface area contributed by atoms with Gasteiger partial charge in [0.1, 0.15) is 0 Å². The normalized spacial score (nSPS) is 10.5. The van der Waals surface area contributed by atoms with E-state index in [1.807, 2.05) is 42.5 Å². The summed E-state index contributed by atoms with van der Waals surface area (Å²) in [6.07, 6.45) is 0. The second-order valence-corrected chi connectivity index (χ2v) is 7.23. The Balaban J connectivity index is 2.20. The van der Waals surface area contributed by atoms with E-state index in [9.17, 15) is 10.5 Å². The molecule has 0 aliphatic rings. The first-order valence-electron chi connectivity index (χ1n) is 7.20. The summed E-state index contributed by atoms with van der Waals surface area (Å²) >= 11 is 0. The van der Waals surface area contributed by atoms with Gasteiger partial charge in [-0.15, -0.1) is 0 Å². The van der Waals surface area contributed by atoms with E-state index in [2.05, 4.69) is 36.4 Å². The van der Waals surface area contributed by atoms with Gasteiger partial charge >= 0.3 is 0 Å². The second kappa shape index (κ2) is 5.25. The first kappa shape index (κ1) is 13.5. The van der Waals surface area contributed by atoms with Crippen molar-refractivity contribution < 1.29 is 0 Å². The van der Waals surface area contributed by atoms with E-state index in [0.717, 1.165) is 10.8 Å². The summed E-state index contributed by atoms with van der Waals surface area (Å²) in [6, 6.07) is 26.5. The van der Waals surface area contributed by atoms with Gasteiger partial charge in [-0.1, -0.05) is 18.2 Å². The van der Waals surface area contributed by atoms with Crippen LogP contribution in [-0.4, -0.2) is 0 Å². The summed E-state index contributed by atoms with van der Waals surface area (Å²) in [5.41, 5.74) is 1.30. The zero-order valence-corrected chi connectivity index (χ0v) is 13.0. The predicted octanol–water partition coefficient (Wildman–Crippen LogP) is 5.47. The number of hydrogen-bond acceptors (Lipinski definition) is 2. The van der Waals surface area contributed by atoms with Crippen molar-refractivity contribution in [3.63, 3.8) is 0 Å². The summed E-state index contributed by atoms with van der Waals surface area (Å²) in [6.45, 7) is 0. The van der Waals surface area contributed by atoms with E-state index in [1.165, 1.54) is 14.3 Å². The molecule has 1 heterocycles. The SMILES string of the molecule is N#Cc1ccc2c(c1)c1cc(C#N)ccc1[s+]2-c1ccccc1. The molecule has 0 amide bonds. The fourth-order valence-corrected chi connectivity index (χ4v) is 5.26. The second-order valence-electron chi connectivity index (χ2n) is 5.26. The smallest absolute Gasteiger partial charge is 0.187 e. The quantitative estimate of drug-likeness (QED) is 0.437. The van der Waals surface area contributed by atoms with Crippen LogP contribution in [0.2, 0.25) is 0 Å². The fourth-order valence-electron chi connectivity index (χ4n) is 2.90. The van der Waals surface area contributed by atoms with Crippen molar-refractivity contribution in [2.75, 3.05) is 0 Å². The highest BCUT2D eigenvalue weighted by Crippen LogP contribution is 2.48. The molecule has 0 aliphatic carbocycles. The van der Waals surface area contributed by atoms with Gasteiger partial charge in [-0.05, 0) is 36.4 Å². The van der Waals surface area contributed by atoms with Crippen molar-refractivity contribution in [1.29, 1.82) is 10.5 Å². The maximum atomic E-state index is 9.20. The molecule has 106 valence electrons. The van der Waals surface area contributed by atoms with Crippen LogP contribution in [0.15, 0.2) is 66.7 Å². The third-order valence-corrected chi connectivity index (χ3v) is 6.26. The molecule has 4 rings (SSSR count). The highest BCUT2D eigenvalue weighted by atomic mass is 32.2. The topological polar surface area (TPSA) is 47.6 Å². The first-order chi connectivity index (χ1) is 11.3. The van der Waals surface area contributed by atoms with Gasteiger partial charge in [0.2, 0.25) is 0 Å². The van der Waals surface area contributed by atoms with E-state index in [4.69, 9.17) is 0 Å². The molecule has 0 saturated carbocycles. The van der Waals surface area contributed by atoms with Crippen LogP contribution in [0.4, 0.5) is 0 Å². The molecule has 0 unspecified atom stereocenters. The lowest BCUT2D eigenvalue weighted by molar-refractivity contribution is 1.50. The van der Waals surface area contributed by atoms with Gasteiger partial charge in [0, 0.05) is 33.4 Å². The molecule has 4 aromatic rings. The minimum Gasteiger partial charge on any atom is -0.192 e. The number of hydrogen-bond donors (Lipinski definition) is 0. The molecule has 0 fully saturated rings. The van der Waals surface area contributed by atoms with E-state index < -0.39 is 0 Å². The van der Waals surface area contributed by atoms with Gasteiger partial charge in [-0.2, -0.15) is 10.5 Å². The summed E-state index contributed by atoms with van der Waals surface area (Å²) < 4.78 is 2.44. The lowest BCUT2D eigenvalue weighted by atomic mass is 10.1. The minimum atomic E-state index is -0.180. The molecule has 0 atom stereocenters. The minimum absolute atomic E-state index is 0.180. The average molecular weight is 311 g/mol. The molecular formula is C20H11N2S+. The zero-order valence-electron chi connectivity index (χ0n) is 12.2. The van der Waals surface area contributed by atoms with E-state index >= 15 is 0 Å². The van der Waals surface area contributed by atoms with Crippen LogP contribution in [0.1, 0.15) is 11.1 Å². The Morgan fingerprint density at radius 1 is 0.652 bits per heavy atom. The lowest BCUT2D eigenvalue weighted by Gasteiger charge is -1.92. The summed E-state index contributed by atoms with van der Waals surface area (Å²) in [5.74, 6) is 0. The summed E-state index contributed by atoms with van der Waals surface area (Å²) in [4.78, 5) is 1.25. The molecule has 3 aromatic carbocycles. The molecule has 2 nitrogen and oxygen atoms in total. The van der Waals surface area contributed by atoms with Gasteiger partial charge in [0.25, 0.3) is 0 Å². The van der Waals surface area contributed by atoms with E-state index in [0.29, 0.717) is 11.1 Å². The molecule has 0 radical (unpaired) electrons. The van der Waals surface area contributed by atoms with Crippen molar-refractivity contribution in [2.24, 2.45) is 0 Å². The van der Waals surface area contributed by atoms with Gasteiger partial charge in [-0.3, -0.25) is 0 Å². The Hall–Kier alpha value is -3.14. The van der Waals surface area contributed by atoms with E-state index in [1.54, 1.807) is 0 Å². The molecule has 0 aliphatic heterocycles. The zero-order chi connectivity index (χ0) is 15.8. The van der Waals surface area contributed by atoms with Crippen LogP contribution in [0.3, 0.4) is 0 Å². The van der Waals surface area contributed by atoms with Crippen molar-refractivity contribution in [2.45, 2.75) is 0 Å². The summed E-state index contributed by atoms with van der Waals surface area (Å²) in [7, 11) is -0.180. The molecule has 0 bridgehead atoms. The first-order valence-corrected chi connectivity index (χ1v) is 8.42. The Morgan fingerprint density at radius 2 is 1.17 bits per heavy atom. The molecule has 0 saturated heterocycles. The van der Waals surface area contributed by atoms with Crippen LogP contribution in [-0.2, 0) is 0 Å². The van der Waals surface area contributed by atoms with Crippen LogP contribution in [0.5, 0.6) is 0 Å². The molecule has 1 aromatic heterocycles. The van der Waals surface area contributed by atoms with Gasteiger partial charge < -0.3 is 0 Å². The maximum Gasteiger partial charge on any atom is 0.187 e. The average Bonchev–Trinajstić information content (AvgIpc) is 2.95. The molecular weight excluding hydrogens is 300 g/mol. The van der Waals surface area contributed by atoms with Crippen LogP contribution in [0.25, 0.3) is 25.1 Å². The fraction of sp³-hybridized carbons (Fsp3) is 0. The standard InChI is InChI=1S/C20H11N2S/c21-12-14-6-8-19-17(10-14)18-11-15(13-22)7-9-20(18)23(19)16-4-2-1-3-5-16/h1-11H/q+1. The van der Waals surface area contributed by atoms with Gasteiger partial charge in [-0.25, -0.2) is 0 Å². The Morgan fingerprint density at radius 3 is 1.65 bits per heavy atom.